The molecule has 1 aromatic carbocycles. The van der Waals surface area contributed by atoms with Crippen LogP contribution in [0, 0.1) is 41.7 Å². The average Bonchev–Trinajstić information content (AvgIpc) is 2.72. The largest absolute Gasteiger partial charge is 0.475 e. The molecule has 1 aromatic rings. The first-order valence-electron chi connectivity index (χ1n) is 11.1. The van der Waals surface area contributed by atoms with Crippen LogP contribution in [-0.2, 0) is 0 Å². The van der Waals surface area contributed by atoms with E-state index >= 15 is 0 Å². The molecule has 2 aliphatic carbocycles. The molecule has 2 fully saturated rings. The third-order valence-corrected chi connectivity index (χ3v) is 7.08. The quantitative estimate of drug-likeness (QED) is 0.467. The van der Waals surface area contributed by atoms with E-state index in [1.54, 1.807) is 13.0 Å². The highest BCUT2D eigenvalue weighted by molar-refractivity contribution is 5.34. The van der Waals surface area contributed by atoms with E-state index in [0.29, 0.717) is 5.56 Å². The maximum absolute atomic E-state index is 14.7. The van der Waals surface area contributed by atoms with Crippen LogP contribution >= 0.6 is 0 Å². The molecule has 0 radical (unpaired) electrons. The Kier molecular flexibility index (Phi) is 7.38. The second-order valence-corrected chi connectivity index (χ2v) is 8.89. The van der Waals surface area contributed by atoms with Crippen molar-refractivity contribution in [1.29, 1.82) is 0 Å². The van der Waals surface area contributed by atoms with E-state index in [9.17, 15) is 8.78 Å². The zero-order chi connectivity index (χ0) is 20.1. The molecule has 0 aromatic heterocycles. The summed E-state index contributed by atoms with van der Waals surface area (Å²) >= 11 is 0. The highest BCUT2D eigenvalue weighted by Crippen LogP contribution is 2.45. The van der Waals surface area contributed by atoms with Gasteiger partial charge in [0.2, 0.25) is 5.82 Å². The van der Waals surface area contributed by atoms with Crippen molar-refractivity contribution in [3.63, 3.8) is 0 Å². The highest BCUT2D eigenvalue weighted by atomic mass is 19.2. The fourth-order valence-corrected chi connectivity index (χ4v) is 5.44. The van der Waals surface area contributed by atoms with Gasteiger partial charge < -0.3 is 4.74 Å². The number of rotatable bonds is 6. The molecule has 3 rings (SSSR count). The molecule has 0 saturated heterocycles. The Morgan fingerprint density at radius 1 is 1.00 bits per heavy atom. The molecule has 0 spiro atoms. The molecule has 154 valence electrons. The van der Waals surface area contributed by atoms with Gasteiger partial charge in [-0.25, -0.2) is 4.39 Å². The Morgan fingerprint density at radius 2 is 1.61 bits per heavy atom. The van der Waals surface area contributed by atoms with Gasteiger partial charge in [-0.3, -0.25) is 0 Å². The van der Waals surface area contributed by atoms with E-state index in [1.165, 1.54) is 44.6 Å². The van der Waals surface area contributed by atoms with Crippen LogP contribution in [0.1, 0.15) is 89.5 Å². The molecule has 2 aliphatic rings. The Balaban J connectivity index is 1.56. The molecule has 0 bridgehead atoms. The minimum Gasteiger partial charge on any atom is -0.475 e. The van der Waals surface area contributed by atoms with Gasteiger partial charge in [0.15, 0.2) is 17.7 Å². The SMILES string of the molecule is C#CC(C)Oc1ccc(C2CCC(C3CCC(CCC)CC3)CC2)c(F)c1F. The Hall–Kier alpha value is -1.56. The monoisotopic (exact) mass is 388 g/mol. The second-order valence-electron chi connectivity index (χ2n) is 8.89. The normalized spacial score (nSPS) is 29.1. The number of hydrogen-bond donors (Lipinski definition) is 0. The maximum Gasteiger partial charge on any atom is 0.200 e. The Labute approximate surface area is 169 Å². The zero-order valence-electron chi connectivity index (χ0n) is 17.4. The molecule has 0 N–H and O–H groups in total. The first kappa shape index (κ1) is 21.2. The van der Waals surface area contributed by atoms with E-state index < -0.39 is 17.7 Å². The molecular weight excluding hydrogens is 354 g/mol. The summed E-state index contributed by atoms with van der Waals surface area (Å²) in [6.07, 6.45) is 17.0. The summed E-state index contributed by atoms with van der Waals surface area (Å²) in [5.41, 5.74) is 0.503. The molecule has 0 aliphatic heterocycles. The predicted molar refractivity (Wildman–Crippen MR) is 110 cm³/mol. The average molecular weight is 389 g/mol. The van der Waals surface area contributed by atoms with Gasteiger partial charge >= 0.3 is 0 Å². The van der Waals surface area contributed by atoms with E-state index in [0.717, 1.165) is 43.4 Å². The topological polar surface area (TPSA) is 9.23 Å². The van der Waals surface area contributed by atoms with Gasteiger partial charge in [-0.1, -0.05) is 44.6 Å². The van der Waals surface area contributed by atoms with Crippen LogP contribution in [0.4, 0.5) is 8.78 Å². The van der Waals surface area contributed by atoms with Crippen molar-refractivity contribution in [2.24, 2.45) is 17.8 Å². The fraction of sp³-hybridized carbons (Fsp3) is 0.680. The minimum atomic E-state index is -0.907. The lowest BCUT2D eigenvalue weighted by Gasteiger charge is -2.38. The number of benzene rings is 1. The summed E-state index contributed by atoms with van der Waals surface area (Å²) in [6.45, 7) is 3.92. The van der Waals surface area contributed by atoms with Crippen LogP contribution in [0.2, 0.25) is 0 Å². The molecule has 2 saturated carbocycles. The van der Waals surface area contributed by atoms with Crippen LogP contribution in [0.25, 0.3) is 0 Å². The summed E-state index contributed by atoms with van der Waals surface area (Å²) in [7, 11) is 0. The third-order valence-electron chi connectivity index (χ3n) is 7.08. The van der Waals surface area contributed by atoms with Crippen LogP contribution in [0.15, 0.2) is 12.1 Å². The predicted octanol–water partition coefficient (Wildman–Crippen LogP) is 7.25. The van der Waals surface area contributed by atoms with Gasteiger partial charge in [0.05, 0.1) is 0 Å². The zero-order valence-corrected chi connectivity index (χ0v) is 17.4. The smallest absolute Gasteiger partial charge is 0.200 e. The summed E-state index contributed by atoms with van der Waals surface area (Å²) in [5, 5.41) is 0. The summed E-state index contributed by atoms with van der Waals surface area (Å²) in [6, 6.07) is 3.22. The van der Waals surface area contributed by atoms with E-state index in [4.69, 9.17) is 11.2 Å². The second kappa shape index (κ2) is 9.77. The lowest BCUT2D eigenvalue weighted by molar-refractivity contribution is 0.155. The Bertz CT molecular complexity index is 677. The minimum absolute atomic E-state index is 0.0933. The van der Waals surface area contributed by atoms with E-state index in [2.05, 4.69) is 12.8 Å². The fourth-order valence-electron chi connectivity index (χ4n) is 5.44. The van der Waals surface area contributed by atoms with Crippen LogP contribution < -0.4 is 4.74 Å². The first-order chi connectivity index (χ1) is 13.5. The van der Waals surface area contributed by atoms with Gasteiger partial charge in [0.25, 0.3) is 0 Å². The van der Waals surface area contributed by atoms with Crippen LogP contribution in [0.3, 0.4) is 0 Å². The standard InChI is InChI=1S/C25H34F2O/c1-4-6-18-7-9-19(10-8-18)20-11-13-21(14-12-20)22-15-16-23(25(27)24(22)26)28-17(3)5-2/h2,15-21H,4,6-14H2,1,3H3. The van der Waals surface area contributed by atoms with E-state index in [1.807, 2.05) is 0 Å². The van der Waals surface area contributed by atoms with Crippen molar-refractivity contribution in [2.75, 3.05) is 0 Å². The molecule has 0 amide bonds. The Morgan fingerprint density at radius 3 is 2.18 bits per heavy atom. The summed E-state index contributed by atoms with van der Waals surface area (Å²) in [4.78, 5) is 0. The maximum atomic E-state index is 14.7. The lowest BCUT2D eigenvalue weighted by Crippen LogP contribution is -2.25. The summed E-state index contributed by atoms with van der Waals surface area (Å²) in [5.74, 6) is 3.28. The molecule has 1 nitrogen and oxygen atoms in total. The van der Waals surface area contributed by atoms with Gasteiger partial charge in [0, 0.05) is 0 Å². The van der Waals surface area contributed by atoms with Gasteiger partial charge in [0.1, 0.15) is 0 Å². The highest BCUT2D eigenvalue weighted by Gasteiger charge is 2.32. The van der Waals surface area contributed by atoms with Gasteiger partial charge in [-0.05, 0) is 80.8 Å². The number of ether oxygens (including phenoxy) is 1. The molecule has 1 atom stereocenters. The number of halogens is 2. The van der Waals surface area contributed by atoms with Crippen molar-refractivity contribution >= 4 is 0 Å². The van der Waals surface area contributed by atoms with Gasteiger partial charge in [-0.15, -0.1) is 6.42 Å². The van der Waals surface area contributed by atoms with Crippen LogP contribution in [0.5, 0.6) is 5.75 Å². The van der Waals surface area contributed by atoms with Crippen molar-refractivity contribution < 1.29 is 13.5 Å². The number of terminal acetylenes is 1. The van der Waals surface area contributed by atoms with Gasteiger partial charge in [-0.2, -0.15) is 4.39 Å². The lowest BCUT2D eigenvalue weighted by atomic mass is 9.68. The van der Waals surface area contributed by atoms with Crippen molar-refractivity contribution in [3.05, 3.63) is 29.3 Å². The van der Waals surface area contributed by atoms with E-state index in [-0.39, 0.29) is 11.7 Å². The first-order valence-corrected chi connectivity index (χ1v) is 11.1. The molecular formula is C25H34F2O. The molecule has 3 heteroatoms. The van der Waals surface area contributed by atoms with Crippen LogP contribution in [-0.4, -0.2) is 6.10 Å². The third kappa shape index (κ3) is 4.88. The summed E-state index contributed by atoms with van der Waals surface area (Å²) < 4.78 is 34.4. The number of hydrogen-bond acceptors (Lipinski definition) is 1. The molecule has 1 unspecified atom stereocenters. The van der Waals surface area contributed by atoms with Crippen molar-refractivity contribution in [2.45, 2.75) is 90.1 Å². The molecule has 28 heavy (non-hydrogen) atoms. The van der Waals surface area contributed by atoms with Crippen molar-refractivity contribution in [3.8, 4) is 18.1 Å². The van der Waals surface area contributed by atoms with Crippen molar-refractivity contribution in [1.82, 2.24) is 0 Å². The molecule has 0 heterocycles.